The first kappa shape index (κ1) is 12.2. The molecule has 2 amide bonds. The number of methoxy groups -OCH3 is 1. The van der Waals surface area contributed by atoms with Crippen LogP contribution in [0.3, 0.4) is 0 Å². The normalized spacial score (nSPS) is 9.69. The molecule has 0 saturated carbocycles. The summed E-state index contributed by atoms with van der Waals surface area (Å²) in [5.74, 6) is 0. The van der Waals surface area contributed by atoms with Crippen LogP contribution >= 0.6 is 0 Å². The summed E-state index contributed by atoms with van der Waals surface area (Å²) >= 11 is 0. The summed E-state index contributed by atoms with van der Waals surface area (Å²) in [6.45, 7) is 2.43. The van der Waals surface area contributed by atoms with Crippen LogP contribution in [0.25, 0.3) is 0 Å². The number of ether oxygens (including phenoxy) is 1. The van der Waals surface area contributed by atoms with Crippen molar-refractivity contribution in [2.45, 2.75) is 12.8 Å². The molecule has 0 atom stereocenters. The van der Waals surface area contributed by atoms with Gasteiger partial charge in [0, 0.05) is 20.2 Å². The SMILES string of the molecule is COCCNC(=O)NCCCCN. The molecule has 0 aliphatic heterocycles. The quantitative estimate of drug-likeness (QED) is 0.480. The number of nitrogens with two attached hydrogens (primary N) is 1. The van der Waals surface area contributed by atoms with Gasteiger partial charge in [-0.25, -0.2) is 4.79 Å². The summed E-state index contributed by atoms with van der Waals surface area (Å²) < 4.78 is 4.78. The van der Waals surface area contributed by atoms with Gasteiger partial charge in [-0.1, -0.05) is 0 Å². The van der Waals surface area contributed by atoms with E-state index in [9.17, 15) is 4.79 Å². The van der Waals surface area contributed by atoms with Crippen LogP contribution in [0, 0.1) is 0 Å². The van der Waals surface area contributed by atoms with Crippen LogP contribution in [0.1, 0.15) is 12.8 Å². The summed E-state index contributed by atoms with van der Waals surface area (Å²) in [5, 5.41) is 5.37. The molecule has 0 fully saturated rings. The molecule has 0 aromatic rings. The molecule has 78 valence electrons. The summed E-state index contributed by atoms with van der Waals surface area (Å²) in [6.07, 6.45) is 1.87. The van der Waals surface area contributed by atoms with Gasteiger partial charge in [0.15, 0.2) is 0 Å². The van der Waals surface area contributed by atoms with Crippen LogP contribution in [-0.2, 0) is 4.74 Å². The van der Waals surface area contributed by atoms with Gasteiger partial charge in [-0.3, -0.25) is 0 Å². The lowest BCUT2D eigenvalue weighted by molar-refractivity contribution is 0.196. The van der Waals surface area contributed by atoms with Crippen molar-refractivity contribution in [3.63, 3.8) is 0 Å². The highest BCUT2D eigenvalue weighted by Gasteiger charge is 1.96. The van der Waals surface area contributed by atoms with E-state index in [4.69, 9.17) is 10.5 Å². The number of amides is 2. The molecule has 0 heterocycles. The molecular formula is C8H19N3O2. The smallest absolute Gasteiger partial charge is 0.314 e. The van der Waals surface area contributed by atoms with Crippen LogP contribution in [0.5, 0.6) is 0 Å². The highest BCUT2D eigenvalue weighted by molar-refractivity contribution is 5.73. The van der Waals surface area contributed by atoms with E-state index in [2.05, 4.69) is 10.6 Å². The Morgan fingerprint density at radius 1 is 1.31 bits per heavy atom. The Kier molecular flexibility index (Phi) is 8.70. The number of hydrogen-bond donors (Lipinski definition) is 3. The molecule has 5 heteroatoms. The predicted molar refractivity (Wildman–Crippen MR) is 51.6 cm³/mol. The Bertz CT molecular complexity index is 131. The molecule has 0 radical (unpaired) electrons. The monoisotopic (exact) mass is 189 g/mol. The number of rotatable bonds is 7. The molecule has 0 spiro atoms. The minimum absolute atomic E-state index is 0.144. The lowest BCUT2D eigenvalue weighted by Crippen LogP contribution is -2.37. The van der Waals surface area contributed by atoms with E-state index in [0.717, 1.165) is 12.8 Å². The van der Waals surface area contributed by atoms with Crippen LogP contribution in [-0.4, -0.2) is 39.4 Å². The Hall–Kier alpha value is -0.810. The second-order valence-corrected chi connectivity index (χ2v) is 2.67. The Morgan fingerprint density at radius 2 is 2.00 bits per heavy atom. The zero-order valence-electron chi connectivity index (χ0n) is 8.14. The van der Waals surface area contributed by atoms with Crippen LogP contribution in [0.2, 0.25) is 0 Å². The van der Waals surface area contributed by atoms with Crippen LogP contribution in [0.4, 0.5) is 4.79 Å². The molecule has 0 rings (SSSR count). The average molecular weight is 189 g/mol. The molecular weight excluding hydrogens is 170 g/mol. The van der Waals surface area contributed by atoms with Crippen molar-refractivity contribution in [2.75, 3.05) is 33.4 Å². The fraction of sp³-hybridized carbons (Fsp3) is 0.875. The third-order valence-corrected chi connectivity index (χ3v) is 1.51. The molecule has 13 heavy (non-hydrogen) atoms. The maximum absolute atomic E-state index is 11.0. The zero-order chi connectivity index (χ0) is 9.94. The van der Waals surface area contributed by atoms with Crippen molar-refractivity contribution in [3.05, 3.63) is 0 Å². The van der Waals surface area contributed by atoms with Crippen LogP contribution < -0.4 is 16.4 Å². The summed E-state index contributed by atoms with van der Waals surface area (Å²) in [7, 11) is 1.60. The van der Waals surface area contributed by atoms with E-state index < -0.39 is 0 Å². The molecule has 0 saturated heterocycles. The largest absolute Gasteiger partial charge is 0.383 e. The van der Waals surface area contributed by atoms with Crippen molar-refractivity contribution < 1.29 is 9.53 Å². The summed E-state index contributed by atoms with van der Waals surface area (Å²) in [6, 6.07) is -0.144. The van der Waals surface area contributed by atoms with E-state index in [0.29, 0.717) is 26.2 Å². The van der Waals surface area contributed by atoms with E-state index in [1.807, 2.05) is 0 Å². The van der Waals surface area contributed by atoms with Gasteiger partial charge in [-0.2, -0.15) is 0 Å². The number of hydrogen-bond acceptors (Lipinski definition) is 3. The lowest BCUT2D eigenvalue weighted by Gasteiger charge is -2.06. The minimum Gasteiger partial charge on any atom is -0.383 e. The van der Waals surface area contributed by atoms with Gasteiger partial charge in [0.1, 0.15) is 0 Å². The first-order valence-electron chi connectivity index (χ1n) is 4.52. The van der Waals surface area contributed by atoms with Crippen molar-refractivity contribution in [1.29, 1.82) is 0 Å². The number of carbonyl (C=O) groups is 1. The summed E-state index contributed by atoms with van der Waals surface area (Å²) in [5.41, 5.74) is 5.30. The molecule has 0 aromatic heterocycles. The maximum Gasteiger partial charge on any atom is 0.314 e. The van der Waals surface area contributed by atoms with E-state index in [-0.39, 0.29) is 6.03 Å². The van der Waals surface area contributed by atoms with Crippen LogP contribution in [0.15, 0.2) is 0 Å². The topological polar surface area (TPSA) is 76.4 Å². The van der Waals surface area contributed by atoms with Crippen molar-refractivity contribution in [3.8, 4) is 0 Å². The zero-order valence-corrected chi connectivity index (χ0v) is 8.14. The highest BCUT2D eigenvalue weighted by atomic mass is 16.5. The molecule has 5 nitrogen and oxygen atoms in total. The highest BCUT2D eigenvalue weighted by Crippen LogP contribution is 1.81. The molecule has 0 aliphatic carbocycles. The Labute approximate surface area is 79.0 Å². The van der Waals surface area contributed by atoms with E-state index in [1.54, 1.807) is 7.11 Å². The third kappa shape index (κ3) is 9.10. The van der Waals surface area contributed by atoms with Gasteiger partial charge < -0.3 is 21.1 Å². The first-order valence-corrected chi connectivity index (χ1v) is 4.52. The minimum atomic E-state index is -0.144. The number of urea groups is 1. The van der Waals surface area contributed by atoms with Gasteiger partial charge in [0.05, 0.1) is 6.61 Å². The van der Waals surface area contributed by atoms with Crippen molar-refractivity contribution in [2.24, 2.45) is 5.73 Å². The number of unbranched alkanes of at least 4 members (excludes halogenated alkanes) is 1. The molecule has 0 aromatic carbocycles. The number of carbonyl (C=O) groups excluding carboxylic acids is 1. The third-order valence-electron chi connectivity index (χ3n) is 1.51. The fourth-order valence-electron chi connectivity index (χ4n) is 0.800. The van der Waals surface area contributed by atoms with Gasteiger partial charge in [-0.05, 0) is 19.4 Å². The molecule has 4 N–H and O–H groups in total. The molecule has 0 aliphatic rings. The van der Waals surface area contributed by atoms with E-state index in [1.165, 1.54) is 0 Å². The Morgan fingerprint density at radius 3 is 2.62 bits per heavy atom. The first-order chi connectivity index (χ1) is 6.31. The lowest BCUT2D eigenvalue weighted by atomic mass is 10.3. The number of nitrogens with one attached hydrogen (secondary N) is 2. The Balaban J connectivity index is 3.11. The second-order valence-electron chi connectivity index (χ2n) is 2.67. The molecule has 0 unspecified atom stereocenters. The predicted octanol–water partition coefficient (Wildman–Crippen LogP) is -0.329. The van der Waals surface area contributed by atoms with Gasteiger partial charge in [0.2, 0.25) is 0 Å². The second kappa shape index (κ2) is 9.28. The van der Waals surface area contributed by atoms with Gasteiger partial charge in [0.25, 0.3) is 0 Å². The fourth-order valence-corrected chi connectivity index (χ4v) is 0.800. The van der Waals surface area contributed by atoms with Gasteiger partial charge in [-0.15, -0.1) is 0 Å². The van der Waals surface area contributed by atoms with Crippen molar-refractivity contribution in [1.82, 2.24) is 10.6 Å². The van der Waals surface area contributed by atoms with Gasteiger partial charge >= 0.3 is 6.03 Å². The average Bonchev–Trinajstić information content (AvgIpc) is 2.13. The standard InChI is InChI=1S/C8H19N3O2/c1-13-7-6-11-8(12)10-5-3-2-4-9/h2-7,9H2,1H3,(H2,10,11,12). The van der Waals surface area contributed by atoms with Crippen molar-refractivity contribution >= 4 is 6.03 Å². The van der Waals surface area contributed by atoms with E-state index >= 15 is 0 Å². The molecule has 0 bridgehead atoms. The summed E-state index contributed by atoms with van der Waals surface area (Å²) in [4.78, 5) is 11.0. The maximum atomic E-state index is 11.0.